The van der Waals surface area contributed by atoms with E-state index < -0.39 is 0 Å². The van der Waals surface area contributed by atoms with Gasteiger partial charge in [-0.25, -0.2) is 0 Å². The maximum atomic E-state index is 5.71. The summed E-state index contributed by atoms with van der Waals surface area (Å²) >= 11 is 0. The Hall–Kier alpha value is -6.92. The minimum atomic E-state index is 0.617. The molecular formula is C46H35N5O. The number of hydrogen-bond acceptors (Lipinski definition) is 4. The van der Waals surface area contributed by atoms with Crippen LogP contribution >= 0.6 is 0 Å². The average Bonchev–Trinajstić information content (AvgIpc) is 3.80. The number of rotatable bonds is 9. The molecule has 6 nitrogen and oxygen atoms in total. The maximum Gasteiger partial charge on any atom is 0.168 e. The Morgan fingerprint density at radius 2 is 0.885 bits per heavy atom. The maximum absolute atomic E-state index is 5.71. The summed E-state index contributed by atoms with van der Waals surface area (Å²) in [6.07, 6.45) is 0. The van der Waals surface area contributed by atoms with Crippen molar-refractivity contribution in [3.63, 3.8) is 0 Å². The van der Waals surface area contributed by atoms with E-state index in [-0.39, 0.29) is 0 Å². The van der Waals surface area contributed by atoms with Crippen LogP contribution in [0.1, 0.15) is 6.92 Å². The molecule has 7 aromatic carbocycles. The molecule has 6 heteroatoms. The van der Waals surface area contributed by atoms with E-state index in [4.69, 9.17) is 9.84 Å². The van der Waals surface area contributed by atoms with E-state index in [1.54, 1.807) is 0 Å². The molecule has 9 aromatic rings. The number of ether oxygens (including phenoxy) is 1. The zero-order valence-electron chi connectivity index (χ0n) is 28.7. The third-order valence-electron chi connectivity index (χ3n) is 9.45. The molecule has 250 valence electrons. The standard InChI is InChI=1S/C46H35N5O/c1-2-52-40-31-21-34(22-32-40)46-48-47-45(33-13-5-3-6-14-33)51(46)39-29-25-37(26-30-39)49(35-15-7-4-8-16-35)36-23-27-38(28-24-36)50-43-19-11-9-17-41(43)42-18-10-12-20-44(42)50/h3-32H,2H2,1H3. The number of benzene rings is 7. The van der Waals surface area contributed by atoms with Gasteiger partial charge in [0.1, 0.15) is 5.75 Å². The fourth-order valence-electron chi connectivity index (χ4n) is 7.08. The van der Waals surface area contributed by atoms with Crippen molar-refractivity contribution in [2.45, 2.75) is 6.92 Å². The van der Waals surface area contributed by atoms with Crippen LogP contribution in [0.15, 0.2) is 182 Å². The van der Waals surface area contributed by atoms with Crippen molar-refractivity contribution < 1.29 is 4.74 Å². The molecule has 9 rings (SSSR count). The topological polar surface area (TPSA) is 48.1 Å². The number of nitrogens with zero attached hydrogens (tertiary/aromatic N) is 5. The second-order valence-corrected chi connectivity index (χ2v) is 12.6. The van der Waals surface area contributed by atoms with Crippen molar-refractivity contribution in [1.82, 2.24) is 19.3 Å². The highest BCUT2D eigenvalue weighted by Gasteiger charge is 2.19. The van der Waals surface area contributed by atoms with Gasteiger partial charge in [-0.2, -0.15) is 0 Å². The van der Waals surface area contributed by atoms with Crippen LogP contribution in [-0.4, -0.2) is 25.9 Å². The van der Waals surface area contributed by atoms with Gasteiger partial charge in [0, 0.05) is 50.3 Å². The van der Waals surface area contributed by atoms with Crippen LogP contribution < -0.4 is 9.64 Å². The molecule has 0 fully saturated rings. The van der Waals surface area contributed by atoms with E-state index in [0.29, 0.717) is 6.61 Å². The van der Waals surface area contributed by atoms with Crippen LogP contribution in [0.5, 0.6) is 5.75 Å². The van der Waals surface area contributed by atoms with E-state index in [2.05, 4.69) is 159 Å². The van der Waals surface area contributed by atoms with Gasteiger partial charge >= 0.3 is 0 Å². The Balaban J connectivity index is 1.12. The lowest BCUT2D eigenvalue weighted by Gasteiger charge is -2.26. The van der Waals surface area contributed by atoms with Gasteiger partial charge in [-0.15, -0.1) is 10.2 Å². The Morgan fingerprint density at radius 3 is 1.42 bits per heavy atom. The summed E-state index contributed by atoms with van der Waals surface area (Å²) in [5.74, 6) is 2.36. The Bertz CT molecular complexity index is 2560. The number of para-hydroxylation sites is 3. The Morgan fingerprint density at radius 1 is 0.442 bits per heavy atom. The van der Waals surface area contributed by atoms with Crippen LogP contribution in [-0.2, 0) is 0 Å². The first kappa shape index (κ1) is 31.1. The molecule has 0 bridgehead atoms. The summed E-state index contributed by atoms with van der Waals surface area (Å²) < 4.78 is 10.2. The smallest absolute Gasteiger partial charge is 0.168 e. The van der Waals surface area contributed by atoms with E-state index in [1.807, 2.05) is 49.4 Å². The summed E-state index contributed by atoms with van der Waals surface area (Å²) in [7, 11) is 0. The highest BCUT2D eigenvalue weighted by atomic mass is 16.5. The van der Waals surface area contributed by atoms with Crippen molar-refractivity contribution >= 4 is 38.9 Å². The van der Waals surface area contributed by atoms with Gasteiger partial charge in [0.25, 0.3) is 0 Å². The average molecular weight is 674 g/mol. The van der Waals surface area contributed by atoms with Gasteiger partial charge in [-0.3, -0.25) is 4.57 Å². The number of aromatic nitrogens is 4. The summed E-state index contributed by atoms with van der Waals surface area (Å²) in [5.41, 5.74) is 9.59. The normalized spacial score (nSPS) is 11.2. The van der Waals surface area contributed by atoms with Crippen molar-refractivity contribution in [2.24, 2.45) is 0 Å². The second kappa shape index (κ2) is 13.4. The number of hydrogen-bond donors (Lipinski definition) is 0. The molecule has 0 amide bonds. The van der Waals surface area contributed by atoms with Crippen LogP contribution in [0.2, 0.25) is 0 Å². The zero-order valence-corrected chi connectivity index (χ0v) is 28.7. The van der Waals surface area contributed by atoms with Gasteiger partial charge in [-0.1, -0.05) is 84.9 Å². The molecule has 0 aliphatic heterocycles. The monoisotopic (exact) mass is 673 g/mol. The third kappa shape index (κ3) is 5.56. The van der Waals surface area contributed by atoms with Gasteiger partial charge in [-0.05, 0) is 104 Å². The van der Waals surface area contributed by atoms with E-state index in [9.17, 15) is 0 Å². The second-order valence-electron chi connectivity index (χ2n) is 12.6. The van der Waals surface area contributed by atoms with Crippen molar-refractivity contribution in [1.29, 1.82) is 0 Å². The van der Waals surface area contributed by atoms with Gasteiger partial charge < -0.3 is 14.2 Å². The van der Waals surface area contributed by atoms with Crippen LogP contribution in [0.25, 0.3) is 56.0 Å². The molecule has 0 aliphatic carbocycles. The summed E-state index contributed by atoms with van der Waals surface area (Å²) in [6, 6.07) is 63.4. The minimum Gasteiger partial charge on any atom is -0.494 e. The highest BCUT2D eigenvalue weighted by molar-refractivity contribution is 6.09. The number of anilines is 3. The lowest BCUT2D eigenvalue weighted by molar-refractivity contribution is 0.340. The van der Waals surface area contributed by atoms with Crippen molar-refractivity contribution in [2.75, 3.05) is 11.5 Å². The van der Waals surface area contributed by atoms with Gasteiger partial charge in [0.15, 0.2) is 11.6 Å². The zero-order chi connectivity index (χ0) is 34.9. The van der Waals surface area contributed by atoms with Crippen molar-refractivity contribution in [3.05, 3.63) is 182 Å². The fourth-order valence-corrected chi connectivity index (χ4v) is 7.08. The number of fused-ring (bicyclic) bond motifs is 3. The van der Waals surface area contributed by atoms with Gasteiger partial charge in [0.2, 0.25) is 0 Å². The quantitative estimate of drug-likeness (QED) is 0.153. The first-order valence-electron chi connectivity index (χ1n) is 17.5. The van der Waals surface area contributed by atoms with Crippen molar-refractivity contribution in [3.8, 4) is 39.9 Å². The first-order valence-corrected chi connectivity index (χ1v) is 17.5. The molecule has 0 unspecified atom stereocenters. The highest BCUT2D eigenvalue weighted by Crippen LogP contribution is 2.38. The molecule has 2 heterocycles. The molecule has 2 aromatic heterocycles. The van der Waals surface area contributed by atoms with Crippen LogP contribution in [0.3, 0.4) is 0 Å². The third-order valence-corrected chi connectivity index (χ3v) is 9.45. The molecule has 0 spiro atoms. The fraction of sp³-hybridized carbons (Fsp3) is 0.0435. The molecule has 0 radical (unpaired) electrons. The molecule has 52 heavy (non-hydrogen) atoms. The predicted octanol–water partition coefficient (Wildman–Crippen LogP) is 11.6. The molecular weight excluding hydrogens is 639 g/mol. The van der Waals surface area contributed by atoms with Gasteiger partial charge in [0.05, 0.1) is 17.6 Å². The van der Waals surface area contributed by atoms with E-state index >= 15 is 0 Å². The lowest BCUT2D eigenvalue weighted by Crippen LogP contribution is -2.10. The molecule has 0 saturated heterocycles. The SMILES string of the molecule is CCOc1ccc(-c2nnc(-c3ccccc3)n2-c2ccc(N(c3ccccc3)c3ccc(-n4c5ccccc5c5ccccc54)cc3)cc2)cc1. The molecule has 0 N–H and O–H groups in total. The summed E-state index contributed by atoms with van der Waals surface area (Å²) in [5, 5.41) is 11.9. The van der Waals surface area contributed by atoms with Crippen LogP contribution in [0.4, 0.5) is 17.1 Å². The minimum absolute atomic E-state index is 0.617. The molecule has 0 aliphatic rings. The first-order chi connectivity index (χ1) is 25.8. The Labute approximate surface area is 302 Å². The predicted molar refractivity (Wildman–Crippen MR) is 212 cm³/mol. The molecule has 0 atom stereocenters. The van der Waals surface area contributed by atoms with E-state index in [0.717, 1.165) is 57.0 Å². The molecule has 0 saturated carbocycles. The summed E-state index contributed by atoms with van der Waals surface area (Å²) in [4.78, 5) is 2.29. The van der Waals surface area contributed by atoms with E-state index in [1.165, 1.54) is 21.8 Å². The summed E-state index contributed by atoms with van der Waals surface area (Å²) in [6.45, 7) is 2.60. The Kier molecular flexibility index (Phi) is 8.02. The van der Waals surface area contributed by atoms with Crippen LogP contribution in [0, 0.1) is 0 Å². The largest absolute Gasteiger partial charge is 0.494 e. The lowest BCUT2D eigenvalue weighted by atomic mass is 10.1.